The van der Waals surface area contributed by atoms with Crippen LogP contribution in [0.2, 0.25) is 0 Å². The Morgan fingerprint density at radius 1 is 1.38 bits per heavy atom. The topological polar surface area (TPSA) is 101 Å². The van der Waals surface area contributed by atoms with Crippen LogP contribution in [0.4, 0.5) is 10.1 Å². The Balaban J connectivity index is 2.17. The van der Waals surface area contributed by atoms with Crippen LogP contribution in [0.5, 0.6) is 0 Å². The van der Waals surface area contributed by atoms with Crippen molar-refractivity contribution >= 4 is 17.4 Å². The van der Waals surface area contributed by atoms with Gasteiger partial charge in [-0.05, 0) is 42.8 Å². The van der Waals surface area contributed by atoms with E-state index in [2.05, 4.69) is 15.5 Å². The summed E-state index contributed by atoms with van der Waals surface area (Å²) in [5, 5.41) is 14.0. The number of oxime groups is 1. The van der Waals surface area contributed by atoms with E-state index >= 15 is 0 Å². The highest BCUT2D eigenvalue weighted by atomic mass is 19.1. The molecule has 0 atom stereocenters. The van der Waals surface area contributed by atoms with Crippen molar-refractivity contribution in [2.45, 2.75) is 6.92 Å². The number of amides is 1. The van der Waals surface area contributed by atoms with Gasteiger partial charge in [-0.25, -0.2) is 4.39 Å². The highest BCUT2D eigenvalue weighted by molar-refractivity contribution is 6.04. The Hall–Kier alpha value is -2.96. The molecular formula is C14H13FN4O2. The predicted molar refractivity (Wildman–Crippen MR) is 75.8 cm³/mol. The smallest absolute Gasteiger partial charge is 0.274 e. The summed E-state index contributed by atoms with van der Waals surface area (Å²) in [7, 11) is 0. The van der Waals surface area contributed by atoms with Crippen LogP contribution in [-0.4, -0.2) is 21.9 Å². The maximum atomic E-state index is 13.0. The normalized spacial score (nSPS) is 11.2. The van der Waals surface area contributed by atoms with Crippen molar-refractivity contribution in [1.82, 2.24) is 4.98 Å². The number of aromatic nitrogens is 1. The van der Waals surface area contributed by atoms with Gasteiger partial charge in [-0.15, -0.1) is 0 Å². The van der Waals surface area contributed by atoms with E-state index in [4.69, 9.17) is 10.9 Å². The minimum absolute atomic E-state index is 0.0937. The van der Waals surface area contributed by atoms with Crippen molar-refractivity contribution in [1.29, 1.82) is 0 Å². The standard InChI is InChI=1S/C14H13FN4O2/c1-8-6-10(15)3-5-11(8)18-14(20)12-4-2-9(7-17-12)13(16)19-21/h2-7,21H,1H3,(H2,16,19)(H,18,20). The average Bonchev–Trinajstić information content (AvgIpc) is 2.49. The van der Waals surface area contributed by atoms with Gasteiger partial charge in [-0.2, -0.15) is 0 Å². The van der Waals surface area contributed by atoms with E-state index in [-0.39, 0.29) is 17.3 Å². The summed E-state index contributed by atoms with van der Waals surface area (Å²) >= 11 is 0. The molecule has 108 valence electrons. The fourth-order valence-electron chi connectivity index (χ4n) is 1.69. The highest BCUT2D eigenvalue weighted by Gasteiger charge is 2.10. The van der Waals surface area contributed by atoms with Crippen LogP contribution in [0.1, 0.15) is 21.6 Å². The molecule has 0 saturated carbocycles. The Labute approximate surface area is 120 Å². The number of nitrogens with one attached hydrogen (secondary N) is 1. The summed E-state index contributed by atoms with van der Waals surface area (Å²) in [5.41, 5.74) is 7.07. The zero-order valence-electron chi connectivity index (χ0n) is 11.2. The van der Waals surface area contributed by atoms with Gasteiger partial charge in [0.25, 0.3) is 5.91 Å². The van der Waals surface area contributed by atoms with Gasteiger partial charge in [0.15, 0.2) is 5.84 Å². The van der Waals surface area contributed by atoms with Gasteiger partial charge in [-0.3, -0.25) is 9.78 Å². The van der Waals surface area contributed by atoms with E-state index in [1.165, 1.54) is 36.5 Å². The number of carbonyl (C=O) groups excluding carboxylic acids is 1. The van der Waals surface area contributed by atoms with E-state index in [1.807, 2.05) is 0 Å². The third kappa shape index (κ3) is 3.33. The van der Waals surface area contributed by atoms with Crippen molar-refractivity contribution in [3.8, 4) is 0 Å². The minimum atomic E-state index is -0.434. The highest BCUT2D eigenvalue weighted by Crippen LogP contribution is 2.16. The molecule has 21 heavy (non-hydrogen) atoms. The lowest BCUT2D eigenvalue weighted by atomic mass is 10.2. The number of nitrogens with zero attached hydrogens (tertiary/aromatic N) is 2. The van der Waals surface area contributed by atoms with Gasteiger partial charge < -0.3 is 16.3 Å². The van der Waals surface area contributed by atoms with Gasteiger partial charge in [0.1, 0.15) is 11.5 Å². The zero-order chi connectivity index (χ0) is 15.4. The van der Waals surface area contributed by atoms with Crippen LogP contribution in [0.3, 0.4) is 0 Å². The quantitative estimate of drug-likeness (QED) is 0.347. The fraction of sp³-hybridized carbons (Fsp3) is 0.0714. The minimum Gasteiger partial charge on any atom is -0.409 e. The van der Waals surface area contributed by atoms with Crippen LogP contribution >= 0.6 is 0 Å². The lowest BCUT2D eigenvalue weighted by molar-refractivity contribution is 0.102. The van der Waals surface area contributed by atoms with Crippen LogP contribution in [0, 0.1) is 12.7 Å². The molecule has 1 aromatic heterocycles. The molecule has 2 rings (SSSR count). The largest absolute Gasteiger partial charge is 0.409 e. The van der Waals surface area contributed by atoms with Gasteiger partial charge in [0, 0.05) is 17.4 Å². The zero-order valence-corrected chi connectivity index (χ0v) is 11.2. The van der Waals surface area contributed by atoms with E-state index in [0.717, 1.165) is 0 Å². The molecule has 1 amide bonds. The summed E-state index contributed by atoms with van der Waals surface area (Å²) in [6, 6.07) is 7.02. The second-order valence-corrected chi connectivity index (χ2v) is 4.33. The molecule has 1 aromatic carbocycles. The van der Waals surface area contributed by atoms with Gasteiger partial charge >= 0.3 is 0 Å². The second-order valence-electron chi connectivity index (χ2n) is 4.33. The summed E-state index contributed by atoms with van der Waals surface area (Å²) < 4.78 is 13.0. The fourth-order valence-corrected chi connectivity index (χ4v) is 1.69. The molecular weight excluding hydrogens is 275 g/mol. The van der Waals surface area contributed by atoms with Crippen molar-refractivity contribution in [3.05, 3.63) is 59.2 Å². The van der Waals surface area contributed by atoms with Crippen LogP contribution < -0.4 is 11.1 Å². The molecule has 1 heterocycles. The molecule has 6 nitrogen and oxygen atoms in total. The number of halogens is 1. The van der Waals surface area contributed by atoms with Crippen molar-refractivity contribution in [3.63, 3.8) is 0 Å². The van der Waals surface area contributed by atoms with E-state index in [0.29, 0.717) is 16.8 Å². The molecule has 0 spiro atoms. The monoisotopic (exact) mass is 288 g/mol. The molecule has 0 bridgehead atoms. The average molecular weight is 288 g/mol. The summed E-state index contributed by atoms with van der Waals surface area (Å²) in [6.07, 6.45) is 1.32. The number of aryl methyl sites for hydroxylation is 1. The number of pyridine rings is 1. The molecule has 2 aromatic rings. The number of benzene rings is 1. The SMILES string of the molecule is Cc1cc(F)ccc1NC(=O)c1ccc(C(N)=NO)cn1. The summed E-state index contributed by atoms with van der Waals surface area (Å²) in [5.74, 6) is -0.897. The van der Waals surface area contributed by atoms with Crippen LogP contribution in [-0.2, 0) is 0 Å². The van der Waals surface area contributed by atoms with Crippen molar-refractivity contribution in [2.24, 2.45) is 10.9 Å². The van der Waals surface area contributed by atoms with Crippen LogP contribution in [0.25, 0.3) is 0 Å². The first kappa shape index (κ1) is 14.4. The van der Waals surface area contributed by atoms with E-state index in [9.17, 15) is 9.18 Å². The number of hydrogen-bond acceptors (Lipinski definition) is 4. The summed E-state index contributed by atoms with van der Waals surface area (Å²) in [6.45, 7) is 1.69. The number of amidine groups is 1. The number of anilines is 1. The summed E-state index contributed by atoms with van der Waals surface area (Å²) in [4.78, 5) is 16.0. The molecule has 7 heteroatoms. The molecule has 0 aliphatic rings. The lowest BCUT2D eigenvalue weighted by Gasteiger charge is -2.08. The predicted octanol–water partition coefficient (Wildman–Crippen LogP) is 1.88. The first-order chi connectivity index (χ1) is 10.0. The molecule has 4 N–H and O–H groups in total. The third-order valence-electron chi connectivity index (χ3n) is 2.84. The third-order valence-corrected chi connectivity index (χ3v) is 2.84. The van der Waals surface area contributed by atoms with E-state index in [1.54, 1.807) is 6.92 Å². The molecule has 0 aliphatic carbocycles. The van der Waals surface area contributed by atoms with Crippen molar-refractivity contribution < 1.29 is 14.4 Å². The first-order valence-corrected chi connectivity index (χ1v) is 6.02. The lowest BCUT2D eigenvalue weighted by Crippen LogP contribution is -2.17. The first-order valence-electron chi connectivity index (χ1n) is 6.02. The molecule has 0 saturated heterocycles. The Bertz CT molecular complexity index is 699. The molecule has 0 unspecified atom stereocenters. The number of rotatable bonds is 3. The molecule has 0 radical (unpaired) electrons. The van der Waals surface area contributed by atoms with Crippen LogP contribution in [0.15, 0.2) is 41.7 Å². The van der Waals surface area contributed by atoms with Gasteiger partial charge in [0.2, 0.25) is 0 Å². The molecule has 0 aliphatic heterocycles. The number of nitrogens with two attached hydrogens (primary N) is 1. The second kappa shape index (κ2) is 6.00. The number of hydrogen-bond donors (Lipinski definition) is 3. The van der Waals surface area contributed by atoms with Gasteiger partial charge in [-0.1, -0.05) is 5.16 Å². The van der Waals surface area contributed by atoms with E-state index < -0.39 is 5.91 Å². The maximum Gasteiger partial charge on any atom is 0.274 e. The maximum absolute atomic E-state index is 13.0. The van der Waals surface area contributed by atoms with Crippen molar-refractivity contribution in [2.75, 3.05) is 5.32 Å². The Kier molecular flexibility index (Phi) is 4.13. The molecule has 0 fully saturated rings. The number of carbonyl (C=O) groups is 1. The Morgan fingerprint density at radius 2 is 2.14 bits per heavy atom. The van der Waals surface area contributed by atoms with Gasteiger partial charge in [0.05, 0.1) is 0 Å². The Morgan fingerprint density at radius 3 is 2.71 bits per heavy atom.